The summed E-state index contributed by atoms with van der Waals surface area (Å²) in [5.41, 5.74) is 1.95. The van der Waals surface area contributed by atoms with Gasteiger partial charge in [0.05, 0.1) is 10.8 Å². The van der Waals surface area contributed by atoms with E-state index in [9.17, 15) is 12.8 Å². The van der Waals surface area contributed by atoms with Gasteiger partial charge in [0.15, 0.2) is 9.84 Å². The van der Waals surface area contributed by atoms with E-state index in [4.69, 9.17) is 11.6 Å². The van der Waals surface area contributed by atoms with Gasteiger partial charge in [-0.2, -0.15) is 5.21 Å². The minimum Gasteiger partial charge on any atom is -0.223 e. The maximum absolute atomic E-state index is 13.3. The summed E-state index contributed by atoms with van der Waals surface area (Å²) in [6.45, 7) is 0. The molecule has 2 aromatic carbocycles. The van der Waals surface area contributed by atoms with Crippen LogP contribution in [-0.4, -0.2) is 29.0 Å². The lowest BCUT2D eigenvalue weighted by Crippen LogP contribution is -2.03. The van der Waals surface area contributed by atoms with Crippen molar-refractivity contribution in [2.75, 3.05) is 0 Å². The van der Waals surface area contributed by atoms with Crippen LogP contribution in [0, 0.1) is 5.82 Å². The molecule has 0 unspecified atom stereocenters. The van der Waals surface area contributed by atoms with E-state index < -0.39 is 15.7 Å². The number of hydrogen-bond acceptors (Lipinski definition) is 6. The smallest absolute Gasteiger partial charge is 0.204 e. The Morgan fingerprint density at radius 2 is 1.93 bits per heavy atom. The number of aromatic nitrogens is 4. The molecule has 6 nitrogen and oxygen atoms in total. The summed E-state index contributed by atoms with van der Waals surface area (Å²) in [7, 11) is -3.56. The van der Waals surface area contributed by atoms with E-state index in [-0.39, 0.29) is 15.0 Å². The third-order valence-electron chi connectivity index (χ3n) is 3.98. The molecule has 0 atom stereocenters. The minimum absolute atomic E-state index is 0.00594. The second kappa shape index (κ2) is 7.42. The molecule has 1 N–H and O–H groups in total. The summed E-state index contributed by atoms with van der Waals surface area (Å²) < 4.78 is 39.3. The maximum atomic E-state index is 13.3. The van der Waals surface area contributed by atoms with Gasteiger partial charge in [0.25, 0.3) is 0 Å². The molecule has 0 aliphatic carbocycles. The number of hydrogen-bond donors (Lipinski definition) is 1. The van der Waals surface area contributed by atoms with Crippen LogP contribution in [0.15, 0.2) is 58.8 Å². The molecule has 2 heterocycles. The second-order valence-corrected chi connectivity index (χ2v) is 9.65. The van der Waals surface area contributed by atoms with Crippen molar-refractivity contribution < 1.29 is 12.8 Å². The fourth-order valence-corrected chi connectivity index (χ4v) is 5.57. The van der Waals surface area contributed by atoms with Crippen LogP contribution in [-0.2, 0) is 15.6 Å². The quantitative estimate of drug-likeness (QED) is 0.504. The normalized spacial score (nSPS) is 11.6. The molecule has 28 heavy (non-hydrogen) atoms. The van der Waals surface area contributed by atoms with Crippen LogP contribution < -0.4 is 0 Å². The van der Waals surface area contributed by atoms with E-state index in [1.54, 1.807) is 42.5 Å². The zero-order valence-electron chi connectivity index (χ0n) is 14.1. The number of H-pyrrole nitrogens is 1. The molecule has 0 aliphatic rings. The Bertz CT molecular complexity index is 1240. The number of sulfone groups is 1. The summed E-state index contributed by atoms with van der Waals surface area (Å²) >= 11 is 6.94. The van der Waals surface area contributed by atoms with Crippen molar-refractivity contribution in [2.24, 2.45) is 0 Å². The molecule has 0 radical (unpaired) electrons. The molecule has 0 bridgehead atoms. The van der Waals surface area contributed by atoms with E-state index >= 15 is 0 Å². The molecule has 0 saturated heterocycles. The third-order valence-corrected chi connectivity index (χ3v) is 7.67. The van der Waals surface area contributed by atoms with Crippen LogP contribution in [0.5, 0.6) is 0 Å². The molecule has 0 amide bonds. The topological polar surface area (TPSA) is 88.6 Å². The Morgan fingerprint density at radius 1 is 1.07 bits per heavy atom. The van der Waals surface area contributed by atoms with E-state index in [2.05, 4.69) is 20.6 Å². The first-order chi connectivity index (χ1) is 13.4. The summed E-state index contributed by atoms with van der Waals surface area (Å²) in [4.78, 5) is 0.695. The molecule has 0 aliphatic heterocycles. The van der Waals surface area contributed by atoms with Crippen molar-refractivity contribution in [3.8, 4) is 21.8 Å². The van der Waals surface area contributed by atoms with Gasteiger partial charge in [0.2, 0.25) is 5.82 Å². The molecular weight excluding hydrogens is 423 g/mol. The lowest BCUT2D eigenvalue weighted by atomic mass is 10.1. The summed E-state index contributed by atoms with van der Waals surface area (Å²) in [5, 5.41) is 13.7. The van der Waals surface area contributed by atoms with Gasteiger partial charge in [-0.1, -0.05) is 35.9 Å². The van der Waals surface area contributed by atoms with Gasteiger partial charge < -0.3 is 0 Å². The van der Waals surface area contributed by atoms with Gasteiger partial charge in [-0.25, -0.2) is 12.8 Å². The molecule has 10 heteroatoms. The van der Waals surface area contributed by atoms with Gasteiger partial charge >= 0.3 is 0 Å². The van der Waals surface area contributed by atoms with Crippen molar-refractivity contribution in [1.29, 1.82) is 0 Å². The van der Waals surface area contributed by atoms with Gasteiger partial charge in [-0.3, -0.25) is 0 Å². The summed E-state index contributed by atoms with van der Waals surface area (Å²) in [6, 6.07) is 14.5. The van der Waals surface area contributed by atoms with Crippen LogP contribution in [0.1, 0.15) is 5.56 Å². The lowest BCUT2D eigenvalue weighted by molar-refractivity contribution is 0.597. The number of nitrogens with one attached hydrogen (secondary N) is 1. The maximum Gasteiger partial charge on any atom is 0.204 e. The molecule has 0 fully saturated rings. The zero-order chi connectivity index (χ0) is 19.7. The second-order valence-electron chi connectivity index (χ2n) is 5.94. The van der Waals surface area contributed by atoms with E-state index in [1.807, 2.05) is 0 Å². The predicted molar refractivity (Wildman–Crippen MR) is 105 cm³/mol. The fourth-order valence-electron chi connectivity index (χ4n) is 2.67. The van der Waals surface area contributed by atoms with Crippen LogP contribution >= 0.6 is 22.9 Å². The Morgan fingerprint density at radius 3 is 2.68 bits per heavy atom. The molecule has 0 spiro atoms. The first-order valence-corrected chi connectivity index (χ1v) is 10.9. The highest BCUT2D eigenvalue weighted by Crippen LogP contribution is 2.34. The number of tetrazole rings is 1. The van der Waals surface area contributed by atoms with Crippen molar-refractivity contribution in [2.45, 2.75) is 9.96 Å². The molecule has 0 saturated carbocycles. The number of rotatable bonds is 5. The number of halogens is 2. The van der Waals surface area contributed by atoms with Crippen molar-refractivity contribution in [1.82, 2.24) is 20.6 Å². The highest BCUT2D eigenvalue weighted by Gasteiger charge is 2.19. The van der Waals surface area contributed by atoms with Crippen molar-refractivity contribution in [3.05, 3.63) is 71.0 Å². The Balaban J connectivity index is 1.60. The van der Waals surface area contributed by atoms with E-state index in [0.29, 0.717) is 27.4 Å². The molecule has 2 aromatic heterocycles. The molecule has 4 rings (SSSR count). The average Bonchev–Trinajstić information content (AvgIpc) is 3.36. The van der Waals surface area contributed by atoms with Crippen LogP contribution in [0.2, 0.25) is 5.02 Å². The monoisotopic (exact) mass is 434 g/mol. The molecular formula is C18H12ClFN4O2S2. The van der Waals surface area contributed by atoms with Crippen LogP contribution in [0.4, 0.5) is 4.39 Å². The van der Waals surface area contributed by atoms with Crippen LogP contribution in [0.3, 0.4) is 0 Å². The Kier molecular flexibility index (Phi) is 4.96. The molecule has 142 valence electrons. The summed E-state index contributed by atoms with van der Waals surface area (Å²) in [6.07, 6.45) is 0. The van der Waals surface area contributed by atoms with Gasteiger partial charge in [-0.15, -0.1) is 21.5 Å². The van der Waals surface area contributed by atoms with Crippen molar-refractivity contribution >= 4 is 32.8 Å². The number of nitrogens with zero attached hydrogens (tertiary/aromatic N) is 3. The largest absolute Gasteiger partial charge is 0.223 e. The van der Waals surface area contributed by atoms with Gasteiger partial charge in [0, 0.05) is 10.4 Å². The van der Waals surface area contributed by atoms with Gasteiger partial charge in [-0.05, 0) is 46.7 Å². The highest BCUT2D eigenvalue weighted by molar-refractivity contribution is 7.92. The number of aromatic amines is 1. The Labute approximate surface area is 168 Å². The minimum atomic E-state index is -3.56. The van der Waals surface area contributed by atoms with Crippen molar-refractivity contribution in [3.63, 3.8) is 0 Å². The number of thiophene rings is 1. The predicted octanol–water partition coefficient (Wildman–Crippen LogP) is 4.36. The number of benzene rings is 2. The van der Waals surface area contributed by atoms with E-state index in [0.717, 1.165) is 11.3 Å². The first kappa shape index (κ1) is 18.7. The Hall–Kier alpha value is -2.62. The zero-order valence-corrected chi connectivity index (χ0v) is 16.5. The SMILES string of the molecule is O=S(=O)(Cc1cccc(-c2nn[nH]n2)c1)c1ccc(-c2ccc(F)c(Cl)c2)s1. The standard InChI is InChI=1S/C18H12ClFN4O2S2/c19-14-9-12(4-5-15(14)20)16-6-7-17(27-16)28(25,26)10-11-2-1-3-13(8-11)18-21-23-24-22-18/h1-9H,10H2,(H,21,22,23,24). The average molecular weight is 435 g/mol. The highest BCUT2D eigenvalue weighted by atomic mass is 35.5. The lowest BCUT2D eigenvalue weighted by Gasteiger charge is -2.04. The summed E-state index contributed by atoms with van der Waals surface area (Å²) in [5.74, 6) is -0.287. The van der Waals surface area contributed by atoms with Gasteiger partial charge in [0.1, 0.15) is 10.0 Å². The fraction of sp³-hybridized carbons (Fsp3) is 0.0556. The van der Waals surface area contributed by atoms with E-state index in [1.165, 1.54) is 12.1 Å². The first-order valence-electron chi connectivity index (χ1n) is 8.03. The third kappa shape index (κ3) is 3.82. The van der Waals surface area contributed by atoms with Crippen LogP contribution in [0.25, 0.3) is 21.8 Å². The molecule has 4 aromatic rings.